The van der Waals surface area contributed by atoms with Crippen LogP contribution in [-0.2, 0) is 9.47 Å². The molecule has 0 bridgehead atoms. The van der Waals surface area contributed by atoms with E-state index >= 15 is 0 Å². The van der Waals surface area contributed by atoms with Crippen LogP contribution in [0.1, 0.15) is 41.9 Å². The molecule has 1 amide bonds. The Balaban J connectivity index is 1.12. The van der Waals surface area contributed by atoms with Crippen molar-refractivity contribution < 1.29 is 27.8 Å². The van der Waals surface area contributed by atoms with Gasteiger partial charge in [-0.15, -0.1) is 0 Å². The van der Waals surface area contributed by atoms with Crippen molar-refractivity contribution in [3.8, 4) is 17.3 Å². The number of hydrogen-bond donors (Lipinski definition) is 1. The second kappa shape index (κ2) is 12.3. The molecule has 0 aromatic carbocycles. The molecule has 0 atom stereocenters. The Labute approximate surface area is 248 Å². The van der Waals surface area contributed by atoms with Gasteiger partial charge >= 0.3 is 0 Å². The van der Waals surface area contributed by atoms with Gasteiger partial charge < -0.3 is 33.3 Å². The van der Waals surface area contributed by atoms with Crippen LogP contribution >= 0.6 is 0 Å². The molecule has 0 spiro atoms. The third-order valence-corrected chi connectivity index (χ3v) is 8.23. The van der Waals surface area contributed by atoms with E-state index in [9.17, 15) is 4.79 Å². The molecule has 43 heavy (non-hydrogen) atoms. The van der Waals surface area contributed by atoms with Crippen LogP contribution in [0.15, 0.2) is 39.5 Å². The molecule has 2 saturated heterocycles. The molecule has 1 saturated carbocycles. The van der Waals surface area contributed by atoms with Crippen molar-refractivity contribution in [2.24, 2.45) is 0 Å². The van der Waals surface area contributed by atoms with Crippen LogP contribution < -0.4 is 15.0 Å². The minimum atomic E-state index is -0.448. The van der Waals surface area contributed by atoms with E-state index < -0.39 is 5.91 Å². The minimum Gasteiger partial charge on any atom is -0.473 e. The molecule has 1 N–H and O–H groups in total. The molecule has 3 fully saturated rings. The number of hydrogen-bond acceptors (Lipinski definition) is 12. The number of anilines is 2. The fraction of sp³-hybridized carbons (Fsp3) is 0.500. The third kappa shape index (κ3) is 6.19. The Morgan fingerprint density at radius 1 is 0.977 bits per heavy atom. The average molecular weight is 590 g/mol. The summed E-state index contributed by atoms with van der Waals surface area (Å²) in [6.07, 6.45) is 6.85. The van der Waals surface area contributed by atoms with Crippen LogP contribution in [0.3, 0.4) is 0 Å². The first-order valence-electron chi connectivity index (χ1n) is 14.9. The summed E-state index contributed by atoms with van der Waals surface area (Å²) in [6, 6.07) is 6.37. The maximum atomic E-state index is 13.4. The molecule has 0 radical (unpaired) electrons. The summed E-state index contributed by atoms with van der Waals surface area (Å²) >= 11 is 0. The van der Waals surface area contributed by atoms with E-state index in [1.807, 2.05) is 17.9 Å². The number of carbonyl (C=O) groups excluding carboxylic acids is 1. The number of morpholine rings is 2. The van der Waals surface area contributed by atoms with E-state index in [1.165, 1.54) is 6.26 Å². The Hall–Kier alpha value is -4.07. The number of aryl methyl sites for hydroxylation is 1. The van der Waals surface area contributed by atoms with Crippen molar-refractivity contribution in [2.45, 2.75) is 44.8 Å². The van der Waals surface area contributed by atoms with Crippen LogP contribution in [0.4, 0.5) is 11.7 Å². The first-order chi connectivity index (χ1) is 21.1. The number of amides is 1. The third-order valence-electron chi connectivity index (χ3n) is 8.23. The van der Waals surface area contributed by atoms with Crippen LogP contribution in [0.2, 0.25) is 0 Å². The zero-order valence-corrected chi connectivity index (χ0v) is 24.2. The fourth-order valence-electron chi connectivity index (χ4n) is 5.91. The van der Waals surface area contributed by atoms with Crippen molar-refractivity contribution in [1.29, 1.82) is 0 Å². The van der Waals surface area contributed by atoms with Crippen LogP contribution in [0.5, 0.6) is 5.88 Å². The van der Waals surface area contributed by atoms with Gasteiger partial charge in [-0.05, 0) is 44.7 Å². The van der Waals surface area contributed by atoms with E-state index in [-0.39, 0.29) is 11.8 Å². The molecule has 4 aromatic heterocycles. The van der Waals surface area contributed by atoms with Gasteiger partial charge in [0.25, 0.3) is 11.9 Å². The molecule has 1 aliphatic carbocycles. The molecule has 4 aromatic rings. The van der Waals surface area contributed by atoms with Crippen LogP contribution in [0.25, 0.3) is 22.7 Å². The average Bonchev–Trinajstić information content (AvgIpc) is 3.70. The molecule has 2 aliphatic heterocycles. The first kappa shape index (κ1) is 27.7. The fourth-order valence-corrected chi connectivity index (χ4v) is 5.91. The van der Waals surface area contributed by atoms with Crippen molar-refractivity contribution in [3.63, 3.8) is 0 Å². The largest absolute Gasteiger partial charge is 0.473 e. The molecule has 7 rings (SSSR count). The quantitative estimate of drug-likeness (QED) is 0.336. The van der Waals surface area contributed by atoms with E-state index in [4.69, 9.17) is 28.0 Å². The first-order valence-corrected chi connectivity index (χ1v) is 14.9. The van der Waals surface area contributed by atoms with Gasteiger partial charge in [0.2, 0.25) is 17.4 Å². The van der Waals surface area contributed by atoms with Crippen molar-refractivity contribution in [3.05, 3.63) is 42.0 Å². The molecule has 6 heterocycles. The molecule has 226 valence electrons. The highest BCUT2D eigenvalue weighted by Crippen LogP contribution is 2.34. The number of fused-ring (bicyclic) bond motifs is 1. The summed E-state index contributed by atoms with van der Waals surface area (Å²) in [4.78, 5) is 35.9. The molecule has 13 nitrogen and oxygen atoms in total. The summed E-state index contributed by atoms with van der Waals surface area (Å²) in [6.45, 7) is 8.00. The number of nitrogens with one attached hydrogen (secondary N) is 1. The Bertz CT molecular complexity index is 1570. The summed E-state index contributed by atoms with van der Waals surface area (Å²) in [5.41, 5.74) is 2.96. The Morgan fingerprint density at radius 2 is 1.74 bits per heavy atom. The highest BCUT2D eigenvalue weighted by atomic mass is 16.5. The van der Waals surface area contributed by atoms with Crippen molar-refractivity contribution in [1.82, 2.24) is 24.8 Å². The van der Waals surface area contributed by atoms with E-state index in [2.05, 4.69) is 25.2 Å². The smallest absolute Gasteiger partial charge is 0.300 e. The maximum absolute atomic E-state index is 13.4. The monoisotopic (exact) mass is 589 g/mol. The number of pyridine rings is 2. The summed E-state index contributed by atoms with van der Waals surface area (Å²) in [5, 5.41) is 2.93. The molecule has 3 aliphatic rings. The van der Waals surface area contributed by atoms with E-state index in [0.717, 1.165) is 63.2 Å². The zero-order valence-electron chi connectivity index (χ0n) is 24.2. The highest BCUT2D eigenvalue weighted by Gasteiger charge is 2.29. The maximum Gasteiger partial charge on any atom is 0.300 e. The number of nitrogens with zero attached hydrogens (tertiary/aromatic N) is 6. The number of oxazole rings is 2. The Morgan fingerprint density at radius 3 is 2.51 bits per heavy atom. The van der Waals surface area contributed by atoms with Gasteiger partial charge in [0.1, 0.15) is 18.1 Å². The van der Waals surface area contributed by atoms with Gasteiger partial charge in [0.05, 0.1) is 26.4 Å². The van der Waals surface area contributed by atoms with E-state index in [1.54, 1.807) is 18.3 Å². The highest BCUT2D eigenvalue weighted by molar-refractivity contribution is 6.04. The summed E-state index contributed by atoms with van der Waals surface area (Å²) < 4.78 is 29.2. The van der Waals surface area contributed by atoms with Gasteiger partial charge in [-0.2, -0.15) is 9.97 Å². The number of rotatable bonds is 7. The number of ether oxygens (including phenoxy) is 3. The van der Waals surface area contributed by atoms with Gasteiger partial charge in [-0.25, -0.2) is 4.98 Å². The number of carbonyl (C=O) groups is 1. The molecule has 0 unspecified atom stereocenters. The van der Waals surface area contributed by atoms with Crippen LogP contribution in [0, 0.1) is 6.92 Å². The van der Waals surface area contributed by atoms with Crippen molar-refractivity contribution >= 4 is 28.8 Å². The van der Waals surface area contributed by atoms with Crippen molar-refractivity contribution in [2.75, 3.05) is 62.8 Å². The zero-order chi connectivity index (χ0) is 29.2. The van der Waals surface area contributed by atoms with Gasteiger partial charge in [0, 0.05) is 55.7 Å². The van der Waals surface area contributed by atoms with Crippen LogP contribution in [-0.4, -0.2) is 95.5 Å². The lowest BCUT2D eigenvalue weighted by Crippen LogP contribution is -2.46. The van der Waals surface area contributed by atoms with Gasteiger partial charge in [-0.3, -0.25) is 14.7 Å². The normalized spacial score (nSPS) is 21.7. The van der Waals surface area contributed by atoms with Gasteiger partial charge in [0.15, 0.2) is 11.3 Å². The standard InChI is InChI=1S/C30H35N7O6/c1-19-16-20(6-7-31-19)28-33-24(18-41-28)27(38)32-23-17-25-26(35-30(43-25)37-10-14-40-15-11-37)34-29(23)42-22-4-2-21(3-5-22)36-8-12-39-13-9-36/h6-7,16-18,21-22H,2-5,8-15H2,1H3,(H,32,38). The number of aromatic nitrogens is 4. The van der Waals surface area contributed by atoms with E-state index in [0.29, 0.717) is 67.0 Å². The molecular formula is C30H35N7O6. The lowest BCUT2D eigenvalue weighted by Gasteiger charge is -2.38. The second-order valence-corrected chi connectivity index (χ2v) is 11.1. The Kier molecular flexibility index (Phi) is 7.92. The summed E-state index contributed by atoms with van der Waals surface area (Å²) in [5.74, 6) is 0.199. The predicted octanol–water partition coefficient (Wildman–Crippen LogP) is 3.69. The minimum absolute atomic E-state index is 0.0305. The topological polar surface area (TPSA) is 141 Å². The molecular weight excluding hydrogens is 554 g/mol. The van der Waals surface area contributed by atoms with Gasteiger partial charge in [-0.1, -0.05) is 0 Å². The lowest BCUT2D eigenvalue weighted by atomic mass is 9.91. The lowest BCUT2D eigenvalue weighted by molar-refractivity contribution is -0.00130. The SMILES string of the molecule is Cc1cc(-c2nc(C(=O)Nc3cc4oc(N5CCOCC5)nc4nc3OC3CCC(N4CCOCC4)CC3)co2)ccn1. The predicted molar refractivity (Wildman–Crippen MR) is 156 cm³/mol. The molecule has 13 heteroatoms. The summed E-state index contributed by atoms with van der Waals surface area (Å²) in [7, 11) is 0. The second-order valence-electron chi connectivity index (χ2n) is 11.1.